The number of alkyl halides is 3. The first-order valence-electron chi connectivity index (χ1n) is 10.2. The second-order valence-corrected chi connectivity index (χ2v) is 7.60. The van der Waals surface area contributed by atoms with E-state index in [4.69, 9.17) is 5.73 Å². The van der Waals surface area contributed by atoms with Crippen LogP contribution in [0.25, 0.3) is 22.5 Å². The number of amides is 1. The minimum atomic E-state index is -4.41. The Morgan fingerprint density at radius 1 is 1.06 bits per heavy atom. The topological polar surface area (TPSA) is 84.1 Å². The molecule has 0 radical (unpaired) electrons. The van der Waals surface area contributed by atoms with Gasteiger partial charge in [0.15, 0.2) is 0 Å². The lowest BCUT2D eigenvalue weighted by Crippen LogP contribution is -2.31. The van der Waals surface area contributed by atoms with E-state index in [-0.39, 0.29) is 11.9 Å². The normalized spacial score (nSPS) is 17.1. The van der Waals surface area contributed by atoms with Gasteiger partial charge in [-0.2, -0.15) is 13.2 Å². The molecule has 0 spiro atoms. The first-order valence-corrected chi connectivity index (χ1v) is 10.2. The second-order valence-electron chi connectivity index (χ2n) is 7.60. The Morgan fingerprint density at radius 2 is 1.75 bits per heavy atom. The highest BCUT2D eigenvalue weighted by Gasteiger charge is 2.30. The molecule has 1 aliphatic rings. The van der Waals surface area contributed by atoms with Crippen LogP contribution in [-0.2, 0) is 11.0 Å². The number of halogens is 3. The third-order valence-corrected chi connectivity index (χ3v) is 5.52. The van der Waals surface area contributed by atoms with Crippen LogP contribution in [0.3, 0.4) is 0 Å². The van der Waals surface area contributed by atoms with Gasteiger partial charge in [0.1, 0.15) is 11.5 Å². The molecule has 1 aromatic heterocycles. The molecule has 4 rings (SSSR count). The molecule has 0 aliphatic carbocycles. The van der Waals surface area contributed by atoms with Crippen molar-refractivity contribution in [1.82, 2.24) is 20.2 Å². The van der Waals surface area contributed by atoms with Crippen LogP contribution in [0.4, 0.5) is 19.0 Å². The van der Waals surface area contributed by atoms with Crippen molar-refractivity contribution in [2.45, 2.75) is 18.6 Å². The molecule has 1 fully saturated rings. The van der Waals surface area contributed by atoms with E-state index in [0.717, 1.165) is 42.6 Å². The van der Waals surface area contributed by atoms with E-state index in [0.29, 0.717) is 30.0 Å². The van der Waals surface area contributed by atoms with Gasteiger partial charge in [0.2, 0.25) is 6.41 Å². The van der Waals surface area contributed by atoms with Crippen molar-refractivity contribution in [1.29, 1.82) is 0 Å². The van der Waals surface area contributed by atoms with Crippen LogP contribution >= 0.6 is 0 Å². The zero-order valence-electron chi connectivity index (χ0n) is 17.1. The predicted octanol–water partition coefficient (Wildman–Crippen LogP) is 3.90. The summed E-state index contributed by atoms with van der Waals surface area (Å²) in [5, 5.41) is 3.34. The first-order chi connectivity index (χ1) is 15.4. The molecular weight excluding hydrogens is 419 g/mol. The highest BCUT2D eigenvalue weighted by Crippen LogP contribution is 2.32. The molecule has 9 heteroatoms. The average molecular weight is 441 g/mol. The van der Waals surface area contributed by atoms with Gasteiger partial charge in [0, 0.05) is 24.2 Å². The van der Waals surface area contributed by atoms with Gasteiger partial charge in [-0.15, -0.1) is 0 Å². The van der Waals surface area contributed by atoms with Crippen LogP contribution in [0.5, 0.6) is 0 Å². The van der Waals surface area contributed by atoms with Gasteiger partial charge in [-0.05, 0) is 30.7 Å². The van der Waals surface area contributed by atoms with Crippen molar-refractivity contribution in [2.75, 3.05) is 25.4 Å². The fourth-order valence-corrected chi connectivity index (χ4v) is 3.78. The largest absolute Gasteiger partial charge is 0.416 e. The molecule has 1 amide bonds. The maximum absolute atomic E-state index is 12.8. The molecule has 32 heavy (non-hydrogen) atoms. The summed E-state index contributed by atoms with van der Waals surface area (Å²) in [5.74, 6) is 0.135. The molecule has 3 N–H and O–H groups in total. The Balaban J connectivity index is 1.61. The number of hydrogen-bond donors (Lipinski definition) is 2. The smallest absolute Gasteiger partial charge is 0.382 e. The number of nitrogens with one attached hydrogen (secondary N) is 1. The van der Waals surface area contributed by atoms with Gasteiger partial charge in [-0.3, -0.25) is 4.79 Å². The molecule has 2 heterocycles. The van der Waals surface area contributed by atoms with Crippen LogP contribution in [0.15, 0.2) is 54.7 Å². The molecule has 2 aromatic carbocycles. The monoisotopic (exact) mass is 441 g/mol. The molecule has 3 aromatic rings. The standard InChI is InChI=1S/C23H22F3N5O/c24-23(25,26)18-8-6-17(7-9-18)21-22(27)29-12-19(30-21)15-2-4-16(5-3-15)20-13-28-10-1-11-31(20)14-32/h2-9,12,14,20,28H,1,10-11,13H2,(H2,27,29). The van der Waals surface area contributed by atoms with Crippen LogP contribution in [-0.4, -0.2) is 40.9 Å². The van der Waals surface area contributed by atoms with E-state index in [1.165, 1.54) is 18.3 Å². The van der Waals surface area contributed by atoms with Gasteiger partial charge in [0.05, 0.1) is 23.5 Å². The fourth-order valence-electron chi connectivity index (χ4n) is 3.78. The van der Waals surface area contributed by atoms with E-state index < -0.39 is 11.7 Å². The summed E-state index contributed by atoms with van der Waals surface area (Å²) in [7, 11) is 0. The number of carbonyl (C=O) groups excluding carboxylic acids is 1. The lowest BCUT2D eigenvalue weighted by molar-refractivity contribution is -0.137. The highest BCUT2D eigenvalue weighted by molar-refractivity contribution is 5.73. The molecule has 1 saturated heterocycles. The zero-order valence-corrected chi connectivity index (χ0v) is 17.1. The van der Waals surface area contributed by atoms with E-state index in [9.17, 15) is 18.0 Å². The first kappa shape index (κ1) is 21.8. The summed E-state index contributed by atoms with van der Waals surface area (Å²) < 4.78 is 38.5. The average Bonchev–Trinajstić information content (AvgIpc) is 3.05. The summed E-state index contributed by atoms with van der Waals surface area (Å²) >= 11 is 0. The molecule has 1 unspecified atom stereocenters. The fraction of sp³-hybridized carbons (Fsp3) is 0.261. The summed E-state index contributed by atoms with van der Waals surface area (Å²) in [6, 6.07) is 12.3. The third kappa shape index (κ3) is 4.57. The van der Waals surface area contributed by atoms with Gasteiger partial charge >= 0.3 is 6.18 Å². The molecule has 1 aliphatic heterocycles. The minimum Gasteiger partial charge on any atom is -0.382 e. The molecule has 0 saturated carbocycles. The summed E-state index contributed by atoms with van der Waals surface area (Å²) in [6.07, 6.45) is -1.09. The van der Waals surface area contributed by atoms with Crippen molar-refractivity contribution < 1.29 is 18.0 Å². The number of nitrogen functional groups attached to an aromatic ring is 1. The molecular formula is C23H22F3N5O. The lowest BCUT2D eigenvalue weighted by Gasteiger charge is -2.26. The number of hydrogen-bond acceptors (Lipinski definition) is 5. The lowest BCUT2D eigenvalue weighted by atomic mass is 10.0. The number of benzene rings is 2. The second kappa shape index (κ2) is 8.96. The summed E-state index contributed by atoms with van der Waals surface area (Å²) in [5.41, 5.74) is 8.32. The molecule has 6 nitrogen and oxygen atoms in total. The zero-order chi connectivity index (χ0) is 22.7. The molecule has 1 atom stereocenters. The maximum atomic E-state index is 12.8. The number of anilines is 1. The Kier molecular flexibility index (Phi) is 6.09. The van der Waals surface area contributed by atoms with E-state index >= 15 is 0 Å². The van der Waals surface area contributed by atoms with Crippen molar-refractivity contribution in [2.24, 2.45) is 0 Å². The predicted molar refractivity (Wildman–Crippen MR) is 115 cm³/mol. The summed E-state index contributed by atoms with van der Waals surface area (Å²) in [4.78, 5) is 22.0. The maximum Gasteiger partial charge on any atom is 0.416 e. The Morgan fingerprint density at radius 3 is 2.41 bits per heavy atom. The Hall–Kier alpha value is -3.46. The van der Waals surface area contributed by atoms with Crippen LogP contribution in [0, 0.1) is 0 Å². The van der Waals surface area contributed by atoms with Crippen molar-refractivity contribution in [3.63, 3.8) is 0 Å². The van der Waals surface area contributed by atoms with Gasteiger partial charge in [0.25, 0.3) is 0 Å². The number of aromatic nitrogens is 2. The number of nitrogens with two attached hydrogens (primary N) is 1. The number of carbonyl (C=O) groups is 1. The van der Waals surface area contributed by atoms with E-state index in [1.807, 2.05) is 24.3 Å². The van der Waals surface area contributed by atoms with Gasteiger partial charge < -0.3 is 16.0 Å². The van der Waals surface area contributed by atoms with Crippen LogP contribution in [0.2, 0.25) is 0 Å². The molecule has 166 valence electrons. The highest BCUT2D eigenvalue weighted by atomic mass is 19.4. The van der Waals surface area contributed by atoms with Gasteiger partial charge in [-0.1, -0.05) is 36.4 Å². The minimum absolute atomic E-state index is 0.0516. The number of nitrogens with zero attached hydrogens (tertiary/aromatic N) is 3. The number of rotatable bonds is 4. The van der Waals surface area contributed by atoms with Crippen LogP contribution < -0.4 is 11.1 Å². The van der Waals surface area contributed by atoms with E-state index in [1.54, 1.807) is 4.90 Å². The summed E-state index contributed by atoms with van der Waals surface area (Å²) in [6.45, 7) is 2.24. The van der Waals surface area contributed by atoms with E-state index in [2.05, 4.69) is 15.3 Å². The van der Waals surface area contributed by atoms with Crippen molar-refractivity contribution >= 4 is 12.2 Å². The van der Waals surface area contributed by atoms with Crippen molar-refractivity contribution in [3.8, 4) is 22.5 Å². The van der Waals surface area contributed by atoms with Crippen LogP contribution in [0.1, 0.15) is 23.6 Å². The quantitative estimate of drug-likeness (QED) is 0.600. The van der Waals surface area contributed by atoms with Crippen molar-refractivity contribution in [3.05, 3.63) is 65.9 Å². The van der Waals surface area contributed by atoms with Gasteiger partial charge in [-0.25, -0.2) is 9.97 Å². The Labute approximate surface area is 183 Å². The molecule has 0 bridgehead atoms. The Bertz CT molecular complexity index is 1080. The third-order valence-electron chi connectivity index (χ3n) is 5.52. The SMILES string of the molecule is Nc1ncc(-c2ccc(C3CNCCCN3C=O)cc2)nc1-c1ccc(C(F)(F)F)cc1.